The van der Waals surface area contributed by atoms with Gasteiger partial charge in [-0.3, -0.25) is 0 Å². The van der Waals surface area contributed by atoms with Gasteiger partial charge in [-0.1, -0.05) is 48.5 Å². The Kier molecular flexibility index (Phi) is 6.16. The quantitative estimate of drug-likeness (QED) is 0.790. The molecule has 1 N–H and O–H groups in total. The number of hydrogen-bond donors (Lipinski definition) is 1. The normalized spacial score (nSPS) is 13.4. The summed E-state index contributed by atoms with van der Waals surface area (Å²) in [5, 5.41) is 3.45. The van der Waals surface area contributed by atoms with Crippen molar-refractivity contribution < 1.29 is 9.53 Å². The largest absolute Gasteiger partial charge is 0.459 e. The third-order valence-corrected chi connectivity index (χ3v) is 3.50. The van der Waals surface area contributed by atoms with E-state index in [0.717, 1.165) is 13.0 Å². The standard InChI is InChI=1S/C19H23NO2/c1-15(20-14-17-9-5-3-6-10-17)13-16(2)22-19(21)18-11-7-4-8-12-18/h3-12,15-16,20H,13-14H2,1-2H3. The van der Waals surface area contributed by atoms with E-state index in [9.17, 15) is 4.79 Å². The number of ether oxygens (including phenoxy) is 1. The Hall–Kier alpha value is -2.13. The fraction of sp³-hybridized carbons (Fsp3) is 0.316. The molecule has 22 heavy (non-hydrogen) atoms. The number of benzene rings is 2. The molecule has 2 atom stereocenters. The van der Waals surface area contributed by atoms with Crippen LogP contribution in [0, 0.1) is 0 Å². The zero-order valence-corrected chi connectivity index (χ0v) is 13.2. The van der Waals surface area contributed by atoms with E-state index in [1.165, 1.54) is 5.56 Å². The number of hydrogen-bond acceptors (Lipinski definition) is 3. The van der Waals surface area contributed by atoms with Gasteiger partial charge in [0.2, 0.25) is 0 Å². The summed E-state index contributed by atoms with van der Waals surface area (Å²) in [6.07, 6.45) is 0.664. The summed E-state index contributed by atoms with van der Waals surface area (Å²) >= 11 is 0. The summed E-state index contributed by atoms with van der Waals surface area (Å²) in [7, 11) is 0. The van der Waals surface area contributed by atoms with Crippen LogP contribution >= 0.6 is 0 Å². The Morgan fingerprint density at radius 2 is 1.59 bits per heavy atom. The van der Waals surface area contributed by atoms with Crippen LogP contribution in [0.1, 0.15) is 36.2 Å². The van der Waals surface area contributed by atoms with Crippen molar-refractivity contribution in [3.8, 4) is 0 Å². The average molecular weight is 297 g/mol. The molecule has 0 fully saturated rings. The molecule has 0 radical (unpaired) electrons. The summed E-state index contributed by atoms with van der Waals surface area (Å²) in [5.74, 6) is -0.261. The summed E-state index contributed by atoms with van der Waals surface area (Å²) in [6, 6.07) is 19.6. The molecular formula is C19H23NO2. The van der Waals surface area contributed by atoms with E-state index in [0.29, 0.717) is 5.56 Å². The van der Waals surface area contributed by atoms with Crippen molar-refractivity contribution in [1.82, 2.24) is 5.32 Å². The highest BCUT2D eigenvalue weighted by Crippen LogP contribution is 2.08. The van der Waals surface area contributed by atoms with Gasteiger partial charge in [0.05, 0.1) is 5.56 Å². The Bertz CT molecular complexity index is 569. The maximum absolute atomic E-state index is 12.0. The molecule has 3 nitrogen and oxygen atoms in total. The number of rotatable bonds is 7. The van der Waals surface area contributed by atoms with Gasteiger partial charge in [-0.2, -0.15) is 0 Å². The zero-order valence-electron chi connectivity index (χ0n) is 13.2. The second kappa shape index (κ2) is 8.35. The van der Waals surface area contributed by atoms with Gasteiger partial charge in [0.15, 0.2) is 0 Å². The third kappa shape index (κ3) is 5.34. The molecule has 0 aliphatic heterocycles. The van der Waals surface area contributed by atoms with Crippen LogP contribution in [0.5, 0.6) is 0 Å². The minimum Gasteiger partial charge on any atom is -0.459 e. The lowest BCUT2D eigenvalue weighted by Crippen LogP contribution is -2.30. The molecule has 0 aromatic heterocycles. The first-order chi connectivity index (χ1) is 10.6. The lowest BCUT2D eigenvalue weighted by Gasteiger charge is -2.19. The third-order valence-electron chi connectivity index (χ3n) is 3.50. The van der Waals surface area contributed by atoms with Gasteiger partial charge in [-0.05, 0) is 38.0 Å². The van der Waals surface area contributed by atoms with Gasteiger partial charge >= 0.3 is 5.97 Å². The lowest BCUT2D eigenvalue weighted by atomic mass is 10.1. The van der Waals surface area contributed by atoms with Crippen LogP contribution in [-0.4, -0.2) is 18.1 Å². The molecule has 0 aliphatic carbocycles. The number of nitrogens with one attached hydrogen (secondary N) is 1. The van der Waals surface area contributed by atoms with Crippen LogP contribution < -0.4 is 5.32 Å². The SMILES string of the molecule is CC(CC(C)OC(=O)c1ccccc1)NCc1ccccc1. The predicted octanol–water partition coefficient (Wildman–Crippen LogP) is 3.80. The van der Waals surface area contributed by atoms with Crippen molar-refractivity contribution in [2.24, 2.45) is 0 Å². The first kappa shape index (κ1) is 16.2. The van der Waals surface area contributed by atoms with Crippen LogP contribution in [0.2, 0.25) is 0 Å². The highest BCUT2D eigenvalue weighted by atomic mass is 16.5. The van der Waals surface area contributed by atoms with Crippen molar-refractivity contribution in [3.63, 3.8) is 0 Å². The summed E-state index contributed by atoms with van der Waals surface area (Å²) in [5.41, 5.74) is 1.85. The molecule has 0 saturated carbocycles. The van der Waals surface area contributed by atoms with E-state index in [1.54, 1.807) is 12.1 Å². The first-order valence-electron chi connectivity index (χ1n) is 7.68. The molecule has 116 valence electrons. The highest BCUT2D eigenvalue weighted by Gasteiger charge is 2.14. The Morgan fingerprint density at radius 3 is 2.23 bits per heavy atom. The van der Waals surface area contributed by atoms with Gasteiger partial charge < -0.3 is 10.1 Å². The number of carbonyl (C=O) groups excluding carboxylic acids is 1. The van der Waals surface area contributed by atoms with Gasteiger partial charge in [0.1, 0.15) is 6.10 Å². The second-order valence-electron chi connectivity index (χ2n) is 5.59. The average Bonchev–Trinajstić information content (AvgIpc) is 2.54. The Labute approximate surface area is 132 Å². The van der Waals surface area contributed by atoms with Crippen LogP contribution in [0.4, 0.5) is 0 Å². The van der Waals surface area contributed by atoms with Crippen LogP contribution in [0.3, 0.4) is 0 Å². The van der Waals surface area contributed by atoms with Crippen LogP contribution in [-0.2, 0) is 11.3 Å². The molecule has 2 rings (SSSR count). The maximum atomic E-state index is 12.0. The molecule has 2 aromatic carbocycles. The lowest BCUT2D eigenvalue weighted by molar-refractivity contribution is 0.0306. The first-order valence-corrected chi connectivity index (χ1v) is 7.68. The number of carbonyl (C=O) groups is 1. The minimum absolute atomic E-state index is 0.119. The Balaban J connectivity index is 1.74. The van der Waals surface area contributed by atoms with Crippen molar-refractivity contribution in [1.29, 1.82) is 0 Å². The molecule has 0 aliphatic rings. The van der Waals surface area contributed by atoms with E-state index in [2.05, 4.69) is 24.4 Å². The molecule has 0 bridgehead atoms. The summed E-state index contributed by atoms with van der Waals surface area (Å²) in [4.78, 5) is 12.0. The van der Waals surface area contributed by atoms with Gasteiger partial charge in [-0.25, -0.2) is 4.79 Å². The van der Waals surface area contributed by atoms with Crippen molar-refractivity contribution in [2.45, 2.75) is 39.0 Å². The van der Waals surface area contributed by atoms with Gasteiger partial charge in [-0.15, -0.1) is 0 Å². The second-order valence-corrected chi connectivity index (χ2v) is 5.59. The summed E-state index contributed by atoms with van der Waals surface area (Å²) < 4.78 is 5.48. The molecule has 0 amide bonds. The smallest absolute Gasteiger partial charge is 0.338 e. The predicted molar refractivity (Wildman–Crippen MR) is 88.7 cm³/mol. The molecule has 0 saturated heterocycles. The highest BCUT2D eigenvalue weighted by molar-refractivity contribution is 5.89. The van der Waals surface area contributed by atoms with E-state index >= 15 is 0 Å². The topological polar surface area (TPSA) is 38.3 Å². The van der Waals surface area contributed by atoms with Crippen LogP contribution in [0.25, 0.3) is 0 Å². The van der Waals surface area contributed by atoms with Crippen molar-refractivity contribution in [3.05, 3.63) is 71.8 Å². The fourth-order valence-corrected chi connectivity index (χ4v) is 2.34. The van der Waals surface area contributed by atoms with Crippen molar-refractivity contribution in [2.75, 3.05) is 0 Å². The van der Waals surface area contributed by atoms with E-state index in [1.807, 2.05) is 43.3 Å². The van der Waals surface area contributed by atoms with E-state index < -0.39 is 0 Å². The van der Waals surface area contributed by atoms with E-state index in [4.69, 9.17) is 4.74 Å². The number of esters is 1. The molecule has 3 heteroatoms. The summed E-state index contributed by atoms with van der Waals surface area (Å²) in [6.45, 7) is 4.86. The Morgan fingerprint density at radius 1 is 1.00 bits per heavy atom. The fourth-order valence-electron chi connectivity index (χ4n) is 2.34. The van der Waals surface area contributed by atoms with E-state index in [-0.39, 0.29) is 18.1 Å². The molecule has 0 spiro atoms. The monoisotopic (exact) mass is 297 g/mol. The molecule has 0 heterocycles. The van der Waals surface area contributed by atoms with Crippen LogP contribution in [0.15, 0.2) is 60.7 Å². The minimum atomic E-state index is -0.261. The molecule has 2 unspecified atom stereocenters. The van der Waals surface area contributed by atoms with Gasteiger partial charge in [0, 0.05) is 12.6 Å². The zero-order chi connectivity index (χ0) is 15.8. The molecular weight excluding hydrogens is 274 g/mol. The van der Waals surface area contributed by atoms with Crippen molar-refractivity contribution >= 4 is 5.97 Å². The maximum Gasteiger partial charge on any atom is 0.338 e. The van der Waals surface area contributed by atoms with Gasteiger partial charge in [0.25, 0.3) is 0 Å². The molecule has 2 aromatic rings.